The number of anilines is 1. The lowest BCUT2D eigenvalue weighted by Gasteiger charge is -2.22. The molecule has 0 bridgehead atoms. The Morgan fingerprint density at radius 1 is 1.17 bits per heavy atom. The van der Waals surface area contributed by atoms with E-state index in [0.717, 1.165) is 43.1 Å². The van der Waals surface area contributed by atoms with Gasteiger partial charge in [-0.15, -0.1) is 24.0 Å². The molecule has 2 aromatic rings. The Balaban J connectivity index is 0.00000320. The first kappa shape index (κ1) is 24.1. The number of hydrogen-bond acceptors (Lipinski definition) is 3. The van der Waals surface area contributed by atoms with E-state index >= 15 is 0 Å². The molecule has 1 saturated heterocycles. The van der Waals surface area contributed by atoms with Crippen LogP contribution >= 0.6 is 24.0 Å². The number of nitrogens with one attached hydrogen (secondary N) is 2. The lowest BCUT2D eigenvalue weighted by atomic mass is 10.2. The predicted molar refractivity (Wildman–Crippen MR) is 132 cm³/mol. The summed E-state index contributed by atoms with van der Waals surface area (Å²) in [6.45, 7) is 4.84. The molecule has 2 N–H and O–H groups in total. The number of ether oxygens (including phenoxy) is 1. The summed E-state index contributed by atoms with van der Waals surface area (Å²) in [4.78, 5) is 19.1. The van der Waals surface area contributed by atoms with Gasteiger partial charge in [0.2, 0.25) is 0 Å². The van der Waals surface area contributed by atoms with Crippen molar-refractivity contribution in [2.24, 2.45) is 4.99 Å². The van der Waals surface area contributed by atoms with Gasteiger partial charge in [0.25, 0.3) is 5.91 Å². The summed E-state index contributed by atoms with van der Waals surface area (Å²) >= 11 is 0. The highest BCUT2D eigenvalue weighted by atomic mass is 127. The predicted octanol–water partition coefficient (Wildman–Crippen LogP) is 4.02. The summed E-state index contributed by atoms with van der Waals surface area (Å²) in [7, 11) is 2.03. The van der Waals surface area contributed by atoms with E-state index in [1.807, 2.05) is 49.5 Å². The van der Waals surface area contributed by atoms with Crippen LogP contribution in [0.1, 0.15) is 30.9 Å². The molecule has 0 aromatic heterocycles. The van der Waals surface area contributed by atoms with Gasteiger partial charge < -0.3 is 20.3 Å². The summed E-state index contributed by atoms with van der Waals surface area (Å²) in [6.07, 6.45) is 1.40. The minimum absolute atomic E-state index is 0. The van der Waals surface area contributed by atoms with E-state index < -0.39 is 0 Å². The lowest BCUT2D eigenvalue weighted by molar-refractivity contribution is -0.124. The van der Waals surface area contributed by atoms with Gasteiger partial charge in [-0.3, -0.25) is 4.79 Å². The molecule has 0 saturated carbocycles. The summed E-state index contributed by atoms with van der Waals surface area (Å²) in [5.74, 6) is 0.782. The number of aliphatic imine (C=N–C) groups is 1. The Kier molecular flexibility index (Phi) is 10.1. The highest BCUT2D eigenvalue weighted by molar-refractivity contribution is 14.0. The SMILES string of the molecule is CCNC(=NCc1cccc(NC(=O)C2CCCO2)c1)N(C)Cc1ccccc1.I. The molecule has 30 heavy (non-hydrogen) atoms. The molecule has 7 heteroatoms. The average molecular weight is 522 g/mol. The van der Waals surface area contributed by atoms with Crippen molar-refractivity contribution in [1.29, 1.82) is 0 Å². The first-order valence-corrected chi connectivity index (χ1v) is 10.2. The summed E-state index contributed by atoms with van der Waals surface area (Å²) in [5.41, 5.74) is 3.05. The number of halogens is 1. The Morgan fingerprint density at radius 2 is 1.93 bits per heavy atom. The monoisotopic (exact) mass is 522 g/mol. The molecule has 0 radical (unpaired) electrons. The fourth-order valence-corrected chi connectivity index (χ4v) is 3.32. The minimum atomic E-state index is -0.330. The highest BCUT2D eigenvalue weighted by Crippen LogP contribution is 2.17. The van der Waals surface area contributed by atoms with Gasteiger partial charge in [0.1, 0.15) is 6.10 Å². The molecule has 162 valence electrons. The van der Waals surface area contributed by atoms with Crippen molar-refractivity contribution in [3.05, 3.63) is 65.7 Å². The van der Waals surface area contributed by atoms with Gasteiger partial charge in [0, 0.05) is 32.4 Å². The first-order valence-electron chi connectivity index (χ1n) is 10.2. The molecule has 1 aliphatic rings. The maximum atomic E-state index is 12.3. The number of guanidine groups is 1. The van der Waals surface area contributed by atoms with Crippen molar-refractivity contribution in [3.8, 4) is 0 Å². The molecule has 0 aliphatic carbocycles. The van der Waals surface area contributed by atoms with Crippen molar-refractivity contribution in [3.63, 3.8) is 0 Å². The summed E-state index contributed by atoms with van der Waals surface area (Å²) in [6, 6.07) is 18.2. The van der Waals surface area contributed by atoms with Crippen molar-refractivity contribution in [2.75, 3.05) is 25.5 Å². The largest absolute Gasteiger partial charge is 0.368 e. The quantitative estimate of drug-likeness (QED) is 0.328. The van der Waals surface area contributed by atoms with Gasteiger partial charge >= 0.3 is 0 Å². The van der Waals surface area contributed by atoms with Crippen LogP contribution in [0.25, 0.3) is 0 Å². The van der Waals surface area contributed by atoms with Crippen LogP contribution in [-0.4, -0.2) is 43.1 Å². The fourth-order valence-electron chi connectivity index (χ4n) is 3.32. The Labute approximate surface area is 196 Å². The molecule has 1 fully saturated rings. The maximum Gasteiger partial charge on any atom is 0.253 e. The van der Waals surface area contributed by atoms with E-state index in [0.29, 0.717) is 13.2 Å². The van der Waals surface area contributed by atoms with E-state index in [-0.39, 0.29) is 36.0 Å². The van der Waals surface area contributed by atoms with Crippen LogP contribution in [0, 0.1) is 0 Å². The van der Waals surface area contributed by atoms with Gasteiger partial charge in [0.05, 0.1) is 6.54 Å². The molecule has 1 atom stereocenters. The van der Waals surface area contributed by atoms with Gasteiger partial charge in [0.15, 0.2) is 5.96 Å². The van der Waals surface area contributed by atoms with E-state index in [2.05, 4.69) is 34.6 Å². The molecule has 0 spiro atoms. The maximum absolute atomic E-state index is 12.3. The summed E-state index contributed by atoms with van der Waals surface area (Å²) < 4.78 is 5.45. The molecule has 1 unspecified atom stereocenters. The Hall–Kier alpha value is -2.13. The molecule has 2 aromatic carbocycles. The van der Waals surface area contributed by atoms with Crippen LogP contribution < -0.4 is 10.6 Å². The van der Waals surface area contributed by atoms with Crippen LogP contribution in [-0.2, 0) is 22.6 Å². The standard InChI is InChI=1S/C23H30N4O2.HI/c1-3-24-23(27(2)17-18-9-5-4-6-10-18)25-16-19-11-7-12-20(15-19)26-22(28)21-13-8-14-29-21;/h4-7,9-12,15,21H,3,8,13-14,16-17H2,1-2H3,(H,24,25)(H,26,28);1H. The van der Waals surface area contributed by atoms with E-state index in [1.165, 1.54) is 5.56 Å². The number of carbonyl (C=O) groups is 1. The molecule has 3 rings (SSSR count). The Bertz CT molecular complexity index is 823. The molecule has 1 aliphatic heterocycles. The van der Waals surface area contributed by atoms with E-state index in [4.69, 9.17) is 9.73 Å². The van der Waals surface area contributed by atoms with Crippen LogP contribution in [0.4, 0.5) is 5.69 Å². The molecular weight excluding hydrogens is 491 g/mol. The van der Waals surface area contributed by atoms with Gasteiger partial charge in [-0.25, -0.2) is 4.99 Å². The first-order chi connectivity index (χ1) is 14.2. The number of hydrogen-bond donors (Lipinski definition) is 2. The summed E-state index contributed by atoms with van der Waals surface area (Å²) in [5, 5.41) is 6.30. The van der Waals surface area contributed by atoms with Crippen molar-refractivity contribution in [2.45, 2.75) is 39.0 Å². The molecule has 6 nitrogen and oxygen atoms in total. The van der Waals surface area contributed by atoms with Crippen molar-refractivity contribution < 1.29 is 9.53 Å². The second-order valence-corrected chi connectivity index (χ2v) is 7.20. The Morgan fingerprint density at radius 3 is 2.63 bits per heavy atom. The fraction of sp³-hybridized carbons (Fsp3) is 0.391. The number of amides is 1. The number of carbonyl (C=O) groups excluding carboxylic acids is 1. The highest BCUT2D eigenvalue weighted by Gasteiger charge is 2.23. The van der Waals surface area contributed by atoms with Gasteiger partial charge in [-0.05, 0) is 43.0 Å². The van der Waals surface area contributed by atoms with Crippen LogP contribution in [0.5, 0.6) is 0 Å². The third-order valence-electron chi connectivity index (χ3n) is 4.79. The topological polar surface area (TPSA) is 66.0 Å². The van der Waals surface area contributed by atoms with Crippen LogP contribution in [0.3, 0.4) is 0 Å². The normalized spacial score (nSPS) is 15.9. The van der Waals surface area contributed by atoms with Crippen molar-refractivity contribution in [1.82, 2.24) is 10.2 Å². The average Bonchev–Trinajstić information content (AvgIpc) is 3.27. The van der Waals surface area contributed by atoms with Crippen LogP contribution in [0.15, 0.2) is 59.6 Å². The smallest absolute Gasteiger partial charge is 0.253 e. The zero-order valence-electron chi connectivity index (χ0n) is 17.6. The third-order valence-corrected chi connectivity index (χ3v) is 4.79. The van der Waals surface area contributed by atoms with Gasteiger partial charge in [-0.2, -0.15) is 0 Å². The molecule has 1 amide bonds. The van der Waals surface area contributed by atoms with Gasteiger partial charge in [-0.1, -0.05) is 42.5 Å². The number of rotatable bonds is 7. The lowest BCUT2D eigenvalue weighted by Crippen LogP contribution is -2.38. The van der Waals surface area contributed by atoms with E-state index in [9.17, 15) is 4.79 Å². The number of nitrogens with zero attached hydrogens (tertiary/aromatic N) is 2. The van der Waals surface area contributed by atoms with Crippen LogP contribution in [0.2, 0.25) is 0 Å². The second kappa shape index (κ2) is 12.5. The third kappa shape index (κ3) is 7.28. The minimum Gasteiger partial charge on any atom is -0.368 e. The zero-order valence-corrected chi connectivity index (χ0v) is 20.0. The second-order valence-electron chi connectivity index (χ2n) is 7.20. The zero-order chi connectivity index (χ0) is 20.5. The molecular formula is C23H31IN4O2. The van der Waals surface area contributed by atoms with E-state index in [1.54, 1.807) is 0 Å². The number of benzene rings is 2. The molecule has 1 heterocycles. The van der Waals surface area contributed by atoms with Crippen molar-refractivity contribution >= 4 is 41.5 Å².